The molecule has 2 fully saturated rings. The molecule has 0 saturated carbocycles. The van der Waals surface area contributed by atoms with Crippen LogP contribution in [0.5, 0.6) is 0 Å². The molecule has 3 aromatic rings. The monoisotopic (exact) mass is 484 g/mol. The third kappa shape index (κ3) is 4.66. The molecule has 1 aliphatic carbocycles. The van der Waals surface area contributed by atoms with Gasteiger partial charge in [0.2, 0.25) is 0 Å². The Morgan fingerprint density at radius 3 is 2.48 bits per heavy atom. The number of nitrogens with zero attached hydrogens (tertiary/aromatic N) is 6. The van der Waals surface area contributed by atoms with Gasteiger partial charge >= 0.3 is 0 Å². The summed E-state index contributed by atoms with van der Waals surface area (Å²) < 4.78 is 5.54. The van der Waals surface area contributed by atoms with Crippen molar-refractivity contribution < 1.29 is 4.74 Å². The average molecular weight is 485 g/mol. The lowest BCUT2D eigenvalue weighted by molar-refractivity contribution is 0.0331. The van der Waals surface area contributed by atoms with Gasteiger partial charge in [0.1, 0.15) is 16.5 Å². The topological polar surface area (TPSA) is 57.6 Å². The van der Waals surface area contributed by atoms with Gasteiger partial charge in [0, 0.05) is 56.1 Å². The summed E-state index contributed by atoms with van der Waals surface area (Å²) in [7, 11) is 0. The molecular formula is C24H32N6OS2. The van der Waals surface area contributed by atoms with Gasteiger partial charge in [0.05, 0.1) is 35.8 Å². The Labute approximate surface area is 203 Å². The van der Waals surface area contributed by atoms with Crippen LogP contribution in [0, 0.1) is 6.92 Å². The molecule has 0 radical (unpaired) electrons. The quantitative estimate of drug-likeness (QED) is 0.549. The van der Waals surface area contributed by atoms with E-state index in [9.17, 15) is 0 Å². The van der Waals surface area contributed by atoms with Gasteiger partial charge in [-0.15, -0.1) is 22.7 Å². The van der Waals surface area contributed by atoms with Crippen LogP contribution in [0.1, 0.15) is 39.8 Å². The molecule has 0 bridgehead atoms. The van der Waals surface area contributed by atoms with E-state index in [2.05, 4.69) is 32.0 Å². The number of rotatable bonds is 5. The molecule has 0 unspecified atom stereocenters. The van der Waals surface area contributed by atoms with Crippen molar-refractivity contribution in [2.45, 2.75) is 45.7 Å². The molecule has 0 atom stereocenters. The lowest BCUT2D eigenvalue weighted by Gasteiger charge is -2.35. The molecule has 33 heavy (non-hydrogen) atoms. The van der Waals surface area contributed by atoms with E-state index in [0.717, 1.165) is 76.4 Å². The van der Waals surface area contributed by atoms with Gasteiger partial charge in [-0.1, -0.05) is 0 Å². The highest BCUT2D eigenvalue weighted by Gasteiger charge is 2.27. The van der Waals surface area contributed by atoms with Gasteiger partial charge in [0.25, 0.3) is 0 Å². The predicted molar refractivity (Wildman–Crippen MR) is 134 cm³/mol. The fourth-order valence-electron chi connectivity index (χ4n) is 5.27. The molecule has 0 N–H and O–H groups in total. The summed E-state index contributed by atoms with van der Waals surface area (Å²) in [4.78, 5) is 25.2. The molecule has 2 saturated heterocycles. The first kappa shape index (κ1) is 21.9. The summed E-state index contributed by atoms with van der Waals surface area (Å²) in [5.41, 5.74) is 2.74. The first-order chi connectivity index (χ1) is 16.2. The minimum absolute atomic E-state index is 0.808. The van der Waals surface area contributed by atoms with Crippen molar-refractivity contribution in [3.05, 3.63) is 32.3 Å². The molecule has 0 amide bonds. The van der Waals surface area contributed by atoms with E-state index in [0.29, 0.717) is 0 Å². The van der Waals surface area contributed by atoms with Crippen LogP contribution in [0.25, 0.3) is 10.2 Å². The van der Waals surface area contributed by atoms with Crippen LogP contribution < -0.4 is 4.90 Å². The van der Waals surface area contributed by atoms with Crippen LogP contribution in [0.4, 0.5) is 5.82 Å². The maximum Gasteiger partial charge on any atom is 0.146 e. The van der Waals surface area contributed by atoms with Crippen LogP contribution in [-0.2, 0) is 30.7 Å². The van der Waals surface area contributed by atoms with Crippen molar-refractivity contribution in [1.82, 2.24) is 24.8 Å². The van der Waals surface area contributed by atoms with Crippen LogP contribution in [-0.4, -0.2) is 77.2 Å². The van der Waals surface area contributed by atoms with Crippen molar-refractivity contribution in [1.29, 1.82) is 0 Å². The Bertz CT molecular complexity index is 1110. The highest BCUT2D eigenvalue weighted by molar-refractivity contribution is 7.19. The number of aromatic nitrogens is 3. The first-order valence-electron chi connectivity index (χ1n) is 12.2. The fraction of sp³-hybridized carbons (Fsp3) is 0.625. The van der Waals surface area contributed by atoms with Crippen molar-refractivity contribution >= 4 is 38.7 Å². The Kier molecular flexibility index (Phi) is 6.32. The van der Waals surface area contributed by atoms with Crippen LogP contribution in [0.3, 0.4) is 0 Å². The van der Waals surface area contributed by atoms with Gasteiger partial charge in [-0.25, -0.2) is 15.0 Å². The highest BCUT2D eigenvalue weighted by Crippen LogP contribution is 2.40. The van der Waals surface area contributed by atoms with E-state index in [-0.39, 0.29) is 0 Å². The number of fused-ring (bicyclic) bond motifs is 3. The van der Waals surface area contributed by atoms with Gasteiger partial charge in [-0.3, -0.25) is 9.80 Å². The molecule has 7 nitrogen and oxygen atoms in total. The minimum atomic E-state index is 0.808. The number of aryl methyl sites for hydroxylation is 3. The van der Waals surface area contributed by atoms with Crippen LogP contribution in [0.15, 0.2) is 5.38 Å². The number of hydrogen-bond donors (Lipinski definition) is 0. The number of morpholine rings is 1. The van der Waals surface area contributed by atoms with Gasteiger partial charge in [0.15, 0.2) is 0 Å². The van der Waals surface area contributed by atoms with Crippen LogP contribution in [0.2, 0.25) is 0 Å². The Morgan fingerprint density at radius 2 is 1.70 bits per heavy atom. The van der Waals surface area contributed by atoms with E-state index >= 15 is 0 Å². The summed E-state index contributed by atoms with van der Waals surface area (Å²) in [6, 6.07) is 0. The zero-order chi connectivity index (χ0) is 22.2. The summed E-state index contributed by atoms with van der Waals surface area (Å²) >= 11 is 3.67. The highest BCUT2D eigenvalue weighted by atomic mass is 32.1. The molecule has 9 heteroatoms. The number of ether oxygens (including phenoxy) is 1. The smallest absolute Gasteiger partial charge is 0.146 e. The summed E-state index contributed by atoms with van der Waals surface area (Å²) in [6.07, 6.45) is 4.97. The molecule has 2 aliphatic heterocycles. The standard InChI is InChI=1S/C24H32N6OS2/c1-17-25-18(16-32-17)14-28-6-8-30(9-7-28)23-22-19-4-2-3-5-20(19)33-24(22)27-21(26-23)15-29-10-12-31-13-11-29/h16H,2-15H2,1H3. The zero-order valence-corrected chi connectivity index (χ0v) is 21.0. The summed E-state index contributed by atoms with van der Waals surface area (Å²) in [5, 5.41) is 4.71. The number of hydrogen-bond acceptors (Lipinski definition) is 9. The fourth-order valence-corrected chi connectivity index (χ4v) is 7.15. The first-order valence-corrected chi connectivity index (χ1v) is 13.9. The second kappa shape index (κ2) is 9.54. The Morgan fingerprint density at radius 1 is 0.909 bits per heavy atom. The van der Waals surface area contributed by atoms with E-state index in [1.165, 1.54) is 53.0 Å². The van der Waals surface area contributed by atoms with Gasteiger partial charge < -0.3 is 9.64 Å². The normalized spacial score (nSPS) is 20.5. The minimum Gasteiger partial charge on any atom is -0.379 e. The summed E-state index contributed by atoms with van der Waals surface area (Å²) in [5.74, 6) is 2.16. The lowest BCUT2D eigenvalue weighted by atomic mass is 9.97. The maximum atomic E-state index is 5.54. The maximum absolute atomic E-state index is 5.54. The van der Waals surface area contributed by atoms with Crippen molar-refractivity contribution in [2.75, 3.05) is 57.4 Å². The Hall–Kier alpha value is -1.65. The lowest BCUT2D eigenvalue weighted by Crippen LogP contribution is -2.46. The van der Waals surface area contributed by atoms with Gasteiger partial charge in [-0.05, 0) is 38.2 Å². The van der Waals surface area contributed by atoms with Crippen molar-refractivity contribution in [3.8, 4) is 0 Å². The number of thiazole rings is 1. The third-order valence-corrected chi connectivity index (χ3v) is 9.04. The van der Waals surface area contributed by atoms with E-state index in [4.69, 9.17) is 14.7 Å². The summed E-state index contributed by atoms with van der Waals surface area (Å²) in [6.45, 7) is 11.5. The average Bonchev–Trinajstić information content (AvgIpc) is 3.42. The second-order valence-electron chi connectivity index (χ2n) is 9.36. The number of thiophene rings is 1. The second-order valence-corrected chi connectivity index (χ2v) is 11.5. The molecule has 0 spiro atoms. The van der Waals surface area contributed by atoms with Crippen molar-refractivity contribution in [2.24, 2.45) is 0 Å². The van der Waals surface area contributed by atoms with Crippen LogP contribution >= 0.6 is 22.7 Å². The molecule has 5 heterocycles. The third-order valence-electron chi connectivity index (χ3n) is 7.03. The zero-order valence-electron chi connectivity index (χ0n) is 19.4. The number of piperazine rings is 1. The van der Waals surface area contributed by atoms with Crippen molar-refractivity contribution in [3.63, 3.8) is 0 Å². The number of anilines is 1. The van der Waals surface area contributed by atoms with E-state index in [1.54, 1.807) is 16.2 Å². The molecule has 6 rings (SSSR count). The molecular weight excluding hydrogens is 452 g/mol. The van der Waals surface area contributed by atoms with E-state index in [1.807, 2.05) is 11.3 Å². The molecule has 0 aromatic carbocycles. The molecule has 3 aliphatic rings. The predicted octanol–water partition coefficient (Wildman–Crippen LogP) is 3.49. The van der Waals surface area contributed by atoms with E-state index < -0.39 is 0 Å². The SMILES string of the molecule is Cc1nc(CN2CCN(c3nc(CN4CCOCC4)nc4sc5c(c34)CCCC5)CC2)cs1. The molecule has 176 valence electrons. The molecule has 3 aromatic heterocycles. The largest absolute Gasteiger partial charge is 0.379 e. The Balaban J connectivity index is 1.26. The van der Waals surface area contributed by atoms with Gasteiger partial charge in [-0.2, -0.15) is 0 Å².